The first-order chi connectivity index (χ1) is 13.2. The molecule has 0 aliphatic rings. The third-order valence-corrected chi connectivity index (χ3v) is 4.14. The fourth-order valence-corrected chi connectivity index (χ4v) is 2.73. The minimum atomic E-state index is -1.02. The number of carbonyl (C=O) groups is 1. The number of carboxylic acids is 1. The second-order valence-electron chi connectivity index (χ2n) is 6.18. The van der Waals surface area contributed by atoms with Gasteiger partial charge in [0, 0.05) is 6.07 Å². The van der Waals surface area contributed by atoms with E-state index in [1.54, 1.807) is 12.1 Å². The molecule has 4 heteroatoms. The molecule has 0 fully saturated rings. The highest BCUT2D eigenvalue weighted by atomic mass is 16.5. The molecule has 3 aromatic rings. The van der Waals surface area contributed by atoms with Gasteiger partial charge in [0.25, 0.3) is 0 Å². The van der Waals surface area contributed by atoms with Crippen LogP contribution in [0.2, 0.25) is 0 Å². The fraction of sp³-hybridized carbons (Fsp3) is 0.174. The van der Waals surface area contributed by atoms with E-state index in [2.05, 4.69) is 12.1 Å². The summed E-state index contributed by atoms with van der Waals surface area (Å²) in [7, 11) is 0. The molecule has 0 radical (unpaired) electrons. The van der Waals surface area contributed by atoms with Crippen LogP contribution in [0, 0.1) is 0 Å². The van der Waals surface area contributed by atoms with E-state index < -0.39 is 5.97 Å². The van der Waals surface area contributed by atoms with Crippen molar-refractivity contribution in [3.05, 3.63) is 95.6 Å². The molecule has 0 aliphatic heterocycles. The van der Waals surface area contributed by atoms with Gasteiger partial charge in [0.05, 0.1) is 6.61 Å². The zero-order valence-corrected chi connectivity index (χ0v) is 15.0. The maximum atomic E-state index is 11.4. The lowest BCUT2D eigenvalue weighted by Crippen LogP contribution is -2.05. The molecule has 0 aliphatic carbocycles. The molecule has 0 amide bonds. The smallest absolute Gasteiger partial charge is 0.339 e. The molecule has 27 heavy (non-hydrogen) atoms. The minimum absolute atomic E-state index is 0.127. The van der Waals surface area contributed by atoms with Crippen molar-refractivity contribution in [3.63, 3.8) is 0 Å². The van der Waals surface area contributed by atoms with E-state index >= 15 is 0 Å². The van der Waals surface area contributed by atoms with Crippen LogP contribution < -0.4 is 9.47 Å². The van der Waals surface area contributed by atoms with Gasteiger partial charge in [0.15, 0.2) is 0 Å². The predicted molar refractivity (Wildman–Crippen MR) is 104 cm³/mol. The van der Waals surface area contributed by atoms with Gasteiger partial charge in [-0.1, -0.05) is 60.7 Å². The van der Waals surface area contributed by atoms with Gasteiger partial charge in [-0.15, -0.1) is 0 Å². The van der Waals surface area contributed by atoms with Crippen LogP contribution in [0.5, 0.6) is 11.5 Å². The van der Waals surface area contributed by atoms with E-state index in [0.29, 0.717) is 24.7 Å². The van der Waals surface area contributed by atoms with E-state index in [4.69, 9.17) is 9.47 Å². The molecule has 0 unspecified atom stereocenters. The number of rotatable bonds is 9. The van der Waals surface area contributed by atoms with Crippen molar-refractivity contribution in [1.82, 2.24) is 0 Å². The second kappa shape index (κ2) is 9.43. The van der Waals surface area contributed by atoms with Crippen LogP contribution in [0.1, 0.15) is 27.9 Å². The Kier molecular flexibility index (Phi) is 6.47. The fourth-order valence-electron chi connectivity index (χ4n) is 2.73. The van der Waals surface area contributed by atoms with Gasteiger partial charge < -0.3 is 14.6 Å². The zero-order chi connectivity index (χ0) is 18.9. The van der Waals surface area contributed by atoms with Crippen LogP contribution in [0.3, 0.4) is 0 Å². The molecule has 3 aromatic carbocycles. The van der Waals surface area contributed by atoms with Gasteiger partial charge in [-0.3, -0.25) is 0 Å². The van der Waals surface area contributed by atoms with Gasteiger partial charge >= 0.3 is 5.97 Å². The monoisotopic (exact) mass is 362 g/mol. The molecule has 1 N–H and O–H groups in total. The maximum absolute atomic E-state index is 11.4. The number of hydrogen-bond donors (Lipinski definition) is 1. The normalized spacial score (nSPS) is 10.4. The third kappa shape index (κ3) is 5.61. The highest BCUT2D eigenvalue weighted by molar-refractivity contribution is 5.91. The second-order valence-corrected chi connectivity index (χ2v) is 6.18. The first kappa shape index (κ1) is 18.5. The van der Waals surface area contributed by atoms with Crippen LogP contribution in [-0.4, -0.2) is 17.7 Å². The lowest BCUT2D eigenvalue weighted by molar-refractivity contribution is 0.0691. The number of aryl methyl sites for hydroxylation is 1. The average molecular weight is 362 g/mol. The maximum Gasteiger partial charge on any atom is 0.339 e. The summed E-state index contributed by atoms with van der Waals surface area (Å²) in [5.41, 5.74) is 2.37. The summed E-state index contributed by atoms with van der Waals surface area (Å²) in [4.78, 5) is 11.4. The zero-order valence-electron chi connectivity index (χ0n) is 15.0. The summed E-state index contributed by atoms with van der Waals surface area (Å²) < 4.78 is 11.5. The molecule has 0 heterocycles. The Morgan fingerprint density at radius 2 is 1.48 bits per heavy atom. The summed E-state index contributed by atoms with van der Waals surface area (Å²) >= 11 is 0. The molecule has 0 aromatic heterocycles. The van der Waals surface area contributed by atoms with E-state index in [0.717, 1.165) is 18.4 Å². The number of hydrogen-bond acceptors (Lipinski definition) is 3. The minimum Gasteiger partial charge on any atom is -0.493 e. The van der Waals surface area contributed by atoms with Crippen LogP contribution in [0.15, 0.2) is 78.9 Å². The van der Waals surface area contributed by atoms with E-state index in [1.165, 1.54) is 11.6 Å². The Balaban J connectivity index is 1.59. The van der Waals surface area contributed by atoms with Crippen molar-refractivity contribution >= 4 is 5.97 Å². The Hall–Kier alpha value is -3.27. The largest absolute Gasteiger partial charge is 0.493 e. The first-order valence-electron chi connectivity index (χ1n) is 8.93. The topological polar surface area (TPSA) is 55.8 Å². The van der Waals surface area contributed by atoms with Gasteiger partial charge in [-0.2, -0.15) is 0 Å². The van der Waals surface area contributed by atoms with Gasteiger partial charge in [-0.25, -0.2) is 4.79 Å². The van der Waals surface area contributed by atoms with Crippen molar-refractivity contribution < 1.29 is 19.4 Å². The van der Waals surface area contributed by atoms with Crippen molar-refractivity contribution in [3.8, 4) is 11.5 Å². The highest BCUT2D eigenvalue weighted by Gasteiger charge is 2.13. The standard InChI is InChI=1S/C23H22O4/c24-23(25)21-14-13-20(26-15-7-12-18-8-3-1-4-9-18)16-22(21)27-17-19-10-5-2-6-11-19/h1-6,8-11,13-14,16H,7,12,15,17H2,(H,24,25). The Morgan fingerprint density at radius 1 is 0.815 bits per heavy atom. The molecule has 0 bridgehead atoms. The molecule has 0 atom stereocenters. The summed E-state index contributed by atoms with van der Waals surface area (Å²) in [6.45, 7) is 0.859. The number of aromatic carboxylic acids is 1. The summed E-state index contributed by atoms with van der Waals surface area (Å²) in [5.74, 6) is -0.100. The molecule has 0 saturated carbocycles. The van der Waals surface area contributed by atoms with Crippen LogP contribution >= 0.6 is 0 Å². The van der Waals surface area contributed by atoms with E-state index in [-0.39, 0.29) is 5.56 Å². The predicted octanol–water partition coefficient (Wildman–Crippen LogP) is 4.98. The molecule has 3 rings (SSSR count). The third-order valence-electron chi connectivity index (χ3n) is 4.14. The molecular weight excluding hydrogens is 340 g/mol. The Bertz CT molecular complexity index is 860. The first-order valence-corrected chi connectivity index (χ1v) is 8.93. The van der Waals surface area contributed by atoms with Crippen molar-refractivity contribution in [2.24, 2.45) is 0 Å². The summed E-state index contributed by atoms with van der Waals surface area (Å²) in [6.07, 6.45) is 1.82. The van der Waals surface area contributed by atoms with Gasteiger partial charge in [0.1, 0.15) is 23.7 Å². The average Bonchev–Trinajstić information content (AvgIpc) is 2.71. The quantitative estimate of drug-likeness (QED) is 0.546. The molecule has 138 valence electrons. The van der Waals surface area contributed by atoms with Crippen molar-refractivity contribution in [2.45, 2.75) is 19.4 Å². The molecule has 0 saturated heterocycles. The number of ether oxygens (including phenoxy) is 2. The SMILES string of the molecule is O=C(O)c1ccc(OCCCc2ccccc2)cc1OCc1ccccc1. The molecule has 0 spiro atoms. The number of carboxylic acid groups (broad SMARTS) is 1. The molecule has 4 nitrogen and oxygen atoms in total. The lowest BCUT2D eigenvalue weighted by atomic mass is 10.1. The van der Waals surface area contributed by atoms with E-state index in [9.17, 15) is 9.90 Å². The van der Waals surface area contributed by atoms with Crippen molar-refractivity contribution in [1.29, 1.82) is 0 Å². The Morgan fingerprint density at radius 3 is 2.15 bits per heavy atom. The summed E-state index contributed by atoms with van der Waals surface area (Å²) in [5, 5.41) is 9.37. The lowest BCUT2D eigenvalue weighted by Gasteiger charge is -2.12. The van der Waals surface area contributed by atoms with Gasteiger partial charge in [0.2, 0.25) is 0 Å². The Labute approximate surface area is 159 Å². The van der Waals surface area contributed by atoms with Gasteiger partial charge in [-0.05, 0) is 36.1 Å². The van der Waals surface area contributed by atoms with Crippen LogP contribution in [-0.2, 0) is 13.0 Å². The summed E-state index contributed by atoms with van der Waals surface area (Å²) in [6, 6.07) is 24.7. The highest BCUT2D eigenvalue weighted by Crippen LogP contribution is 2.26. The number of benzene rings is 3. The van der Waals surface area contributed by atoms with Crippen LogP contribution in [0.25, 0.3) is 0 Å². The van der Waals surface area contributed by atoms with E-state index in [1.807, 2.05) is 48.5 Å². The van der Waals surface area contributed by atoms with Crippen molar-refractivity contribution in [2.75, 3.05) is 6.61 Å². The molecular formula is C23H22O4. The van der Waals surface area contributed by atoms with Crippen LogP contribution in [0.4, 0.5) is 0 Å².